The molecule has 4 rings (SSSR count). The number of hydrogen-bond acceptors (Lipinski definition) is 5. The van der Waals surface area contributed by atoms with Crippen LogP contribution in [0, 0.1) is 0 Å². The molecule has 4 atom stereocenters. The zero-order valence-corrected chi connectivity index (χ0v) is 21.0. The lowest BCUT2D eigenvalue weighted by Crippen LogP contribution is -2.54. The molecule has 2 aromatic carbocycles. The number of nitrogens with one attached hydrogen (secondary N) is 3. The van der Waals surface area contributed by atoms with Crippen LogP contribution >= 0.6 is 0 Å². The summed E-state index contributed by atoms with van der Waals surface area (Å²) in [6.45, 7) is 4.55. The Hall–Kier alpha value is -3.59. The van der Waals surface area contributed by atoms with Crippen LogP contribution in [0.25, 0.3) is 0 Å². The van der Waals surface area contributed by atoms with Crippen LogP contribution in [0.3, 0.4) is 0 Å². The molecule has 2 aliphatic rings. The molecular formula is C27H34N4O5. The molecule has 9 heteroatoms. The van der Waals surface area contributed by atoms with Gasteiger partial charge in [0.25, 0.3) is 5.91 Å². The number of urea groups is 1. The number of likely N-dealkylation sites (N-methyl/N-ethyl adjacent to an activating group) is 1. The van der Waals surface area contributed by atoms with Gasteiger partial charge in [0.15, 0.2) is 0 Å². The first kappa shape index (κ1) is 25.5. The van der Waals surface area contributed by atoms with Crippen molar-refractivity contribution in [2.45, 2.75) is 57.4 Å². The Morgan fingerprint density at radius 1 is 1.14 bits per heavy atom. The molecule has 0 saturated carbocycles. The number of fused-ring (bicyclic) bond motifs is 2. The van der Waals surface area contributed by atoms with Gasteiger partial charge in [0, 0.05) is 19.3 Å². The van der Waals surface area contributed by atoms with Crippen molar-refractivity contribution in [3.05, 3.63) is 59.7 Å². The maximum absolute atomic E-state index is 13.3. The predicted molar refractivity (Wildman–Crippen MR) is 136 cm³/mol. The molecule has 0 radical (unpaired) electrons. The summed E-state index contributed by atoms with van der Waals surface area (Å²) in [6.07, 6.45) is 1.03. The molecule has 0 aromatic heterocycles. The molecule has 0 aliphatic carbocycles. The molecule has 0 unspecified atom stereocenters. The van der Waals surface area contributed by atoms with Crippen LogP contribution in [0.5, 0.6) is 5.75 Å². The van der Waals surface area contributed by atoms with Crippen molar-refractivity contribution < 1.29 is 23.9 Å². The number of nitrogens with zero attached hydrogens (tertiary/aromatic N) is 1. The van der Waals surface area contributed by atoms with Crippen LogP contribution in [-0.2, 0) is 9.53 Å². The molecule has 1 saturated heterocycles. The standard InChI is InChI=1S/C27H34N4O5/c1-4-28-27(34)30-19-10-13-23-21(14-19)26(33)31(3)22-12-11-20(36-24(22)16-35-23)15-25(32)29-17(2)18-8-6-5-7-9-18/h5-10,13-14,17,20,22,24H,4,11-12,15-16H2,1-3H3,(H,29,32)(H2,28,30,34)/t17-,20+,22+,24-/m1/s1. The second-order valence-electron chi connectivity index (χ2n) is 9.27. The Bertz CT molecular complexity index is 1090. The van der Waals surface area contributed by atoms with Crippen molar-refractivity contribution >= 4 is 23.5 Å². The molecule has 9 nitrogen and oxygen atoms in total. The summed E-state index contributed by atoms with van der Waals surface area (Å²) in [5.41, 5.74) is 1.95. The third-order valence-electron chi connectivity index (χ3n) is 6.70. The van der Waals surface area contributed by atoms with E-state index in [-0.39, 0.29) is 55.2 Å². The normalized spacial score (nSPS) is 22.1. The van der Waals surface area contributed by atoms with Gasteiger partial charge < -0.3 is 30.3 Å². The molecule has 0 spiro atoms. The fourth-order valence-electron chi connectivity index (χ4n) is 4.77. The van der Waals surface area contributed by atoms with Gasteiger partial charge in [-0.15, -0.1) is 0 Å². The Morgan fingerprint density at radius 2 is 1.92 bits per heavy atom. The number of carbonyl (C=O) groups is 3. The zero-order chi connectivity index (χ0) is 25.7. The van der Waals surface area contributed by atoms with Gasteiger partial charge in [-0.25, -0.2) is 4.79 Å². The number of benzene rings is 2. The number of hydrogen-bond donors (Lipinski definition) is 3. The second-order valence-corrected chi connectivity index (χ2v) is 9.27. The summed E-state index contributed by atoms with van der Waals surface area (Å²) in [7, 11) is 1.76. The SMILES string of the molecule is CCNC(=O)Nc1ccc2c(c1)C(=O)N(C)[C@H]1CC[C@@H](CC(=O)N[C@H](C)c3ccccc3)O[C@@H]1CO2. The minimum Gasteiger partial charge on any atom is -0.490 e. The highest BCUT2D eigenvalue weighted by atomic mass is 16.5. The van der Waals surface area contributed by atoms with Gasteiger partial charge in [-0.05, 0) is 50.5 Å². The molecule has 1 fully saturated rings. The highest BCUT2D eigenvalue weighted by molar-refractivity contribution is 5.99. The Balaban J connectivity index is 1.39. The molecule has 36 heavy (non-hydrogen) atoms. The van der Waals surface area contributed by atoms with Crippen LogP contribution in [0.1, 0.15) is 55.1 Å². The van der Waals surface area contributed by atoms with Gasteiger partial charge in [-0.2, -0.15) is 0 Å². The van der Waals surface area contributed by atoms with E-state index in [0.717, 1.165) is 5.56 Å². The van der Waals surface area contributed by atoms with E-state index in [1.807, 2.05) is 44.2 Å². The van der Waals surface area contributed by atoms with E-state index in [9.17, 15) is 14.4 Å². The third-order valence-corrected chi connectivity index (χ3v) is 6.70. The van der Waals surface area contributed by atoms with E-state index in [1.54, 1.807) is 30.1 Å². The molecule has 3 N–H and O–H groups in total. The minimum atomic E-state index is -0.349. The highest BCUT2D eigenvalue weighted by Gasteiger charge is 2.39. The summed E-state index contributed by atoms with van der Waals surface area (Å²) in [5, 5.41) is 8.44. The Morgan fingerprint density at radius 3 is 2.67 bits per heavy atom. The summed E-state index contributed by atoms with van der Waals surface area (Å²) >= 11 is 0. The minimum absolute atomic E-state index is 0.0662. The first-order chi connectivity index (χ1) is 17.4. The third kappa shape index (κ3) is 5.96. The molecule has 2 aliphatic heterocycles. The van der Waals surface area contributed by atoms with E-state index in [2.05, 4.69) is 16.0 Å². The summed E-state index contributed by atoms with van der Waals surface area (Å²) < 4.78 is 12.3. The number of rotatable bonds is 6. The largest absolute Gasteiger partial charge is 0.490 e. The Labute approximate surface area is 211 Å². The van der Waals surface area contributed by atoms with E-state index in [0.29, 0.717) is 36.4 Å². The van der Waals surface area contributed by atoms with Crippen molar-refractivity contribution in [1.82, 2.24) is 15.5 Å². The monoisotopic (exact) mass is 494 g/mol. The summed E-state index contributed by atoms with van der Waals surface area (Å²) in [5.74, 6) is 0.172. The first-order valence-electron chi connectivity index (χ1n) is 12.4. The predicted octanol–water partition coefficient (Wildman–Crippen LogP) is 3.48. The van der Waals surface area contributed by atoms with Crippen LogP contribution < -0.4 is 20.7 Å². The van der Waals surface area contributed by atoms with Crippen molar-refractivity contribution in [1.29, 1.82) is 0 Å². The molecule has 192 valence electrons. The number of amides is 4. The van der Waals surface area contributed by atoms with E-state index in [4.69, 9.17) is 9.47 Å². The number of carbonyl (C=O) groups excluding carboxylic acids is 3. The second kappa shape index (κ2) is 11.4. The van der Waals surface area contributed by atoms with Crippen molar-refractivity contribution in [2.24, 2.45) is 0 Å². The summed E-state index contributed by atoms with van der Waals surface area (Å²) in [4.78, 5) is 39.6. The van der Waals surface area contributed by atoms with E-state index in [1.165, 1.54) is 0 Å². The summed E-state index contributed by atoms with van der Waals surface area (Å²) in [6, 6.07) is 14.2. The molecular weight excluding hydrogens is 460 g/mol. The van der Waals surface area contributed by atoms with Gasteiger partial charge in [0.2, 0.25) is 5.91 Å². The average Bonchev–Trinajstić information content (AvgIpc) is 2.87. The van der Waals surface area contributed by atoms with Crippen LogP contribution in [0.15, 0.2) is 48.5 Å². The van der Waals surface area contributed by atoms with Gasteiger partial charge in [-0.1, -0.05) is 30.3 Å². The van der Waals surface area contributed by atoms with E-state index >= 15 is 0 Å². The van der Waals surface area contributed by atoms with Crippen molar-refractivity contribution in [3.63, 3.8) is 0 Å². The lowest BCUT2D eigenvalue weighted by molar-refractivity contribution is -0.134. The lowest BCUT2D eigenvalue weighted by Gasteiger charge is -2.42. The van der Waals surface area contributed by atoms with Crippen molar-refractivity contribution in [2.75, 3.05) is 25.5 Å². The van der Waals surface area contributed by atoms with Gasteiger partial charge in [0.05, 0.1) is 30.2 Å². The fourth-order valence-corrected chi connectivity index (χ4v) is 4.77. The van der Waals surface area contributed by atoms with Crippen LogP contribution in [0.2, 0.25) is 0 Å². The van der Waals surface area contributed by atoms with Crippen LogP contribution in [0.4, 0.5) is 10.5 Å². The first-order valence-corrected chi connectivity index (χ1v) is 12.4. The maximum atomic E-state index is 13.3. The Kier molecular flexibility index (Phi) is 8.10. The number of anilines is 1. The molecule has 4 amide bonds. The van der Waals surface area contributed by atoms with Crippen molar-refractivity contribution in [3.8, 4) is 5.75 Å². The maximum Gasteiger partial charge on any atom is 0.319 e. The number of ether oxygens (including phenoxy) is 2. The fraction of sp³-hybridized carbons (Fsp3) is 0.444. The highest BCUT2D eigenvalue weighted by Crippen LogP contribution is 2.32. The molecule has 2 aromatic rings. The molecule has 0 bridgehead atoms. The molecule has 2 heterocycles. The lowest BCUT2D eigenvalue weighted by atomic mass is 9.94. The smallest absolute Gasteiger partial charge is 0.319 e. The quantitative estimate of drug-likeness (QED) is 0.570. The zero-order valence-electron chi connectivity index (χ0n) is 21.0. The van der Waals surface area contributed by atoms with Gasteiger partial charge in [-0.3, -0.25) is 9.59 Å². The average molecular weight is 495 g/mol. The van der Waals surface area contributed by atoms with Crippen LogP contribution in [-0.4, -0.2) is 61.2 Å². The van der Waals surface area contributed by atoms with E-state index < -0.39 is 0 Å². The van der Waals surface area contributed by atoms with Gasteiger partial charge >= 0.3 is 6.03 Å². The van der Waals surface area contributed by atoms with Gasteiger partial charge in [0.1, 0.15) is 18.5 Å². The topological polar surface area (TPSA) is 109 Å².